The van der Waals surface area contributed by atoms with Crippen molar-refractivity contribution in [3.63, 3.8) is 0 Å². The number of nitrogens with zero attached hydrogens (tertiary/aromatic N) is 2. The van der Waals surface area contributed by atoms with E-state index in [4.69, 9.17) is 0 Å². The molecule has 90 valence electrons. The van der Waals surface area contributed by atoms with Crippen LogP contribution in [0.3, 0.4) is 0 Å². The fourth-order valence-electron chi connectivity index (χ4n) is 1.70. The molecule has 1 aromatic rings. The molecule has 0 saturated heterocycles. The van der Waals surface area contributed by atoms with Crippen molar-refractivity contribution in [2.45, 2.75) is 46.1 Å². The van der Waals surface area contributed by atoms with Gasteiger partial charge in [-0.25, -0.2) is 0 Å². The van der Waals surface area contributed by atoms with Gasteiger partial charge in [-0.15, -0.1) is 11.7 Å². The third-order valence-corrected chi connectivity index (χ3v) is 3.26. The van der Waals surface area contributed by atoms with Crippen LogP contribution in [-0.2, 0) is 0 Å². The summed E-state index contributed by atoms with van der Waals surface area (Å²) < 4.78 is 4.08. The smallest absolute Gasteiger partial charge is 0.0829 e. The van der Waals surface area contributed by atoms with Crippen molar-refractivity contribution in [2.24, 2.45) is 0 Å². The van der Waals surface area contributed by atoms with E-state index in [1.54, 1.807) is 0 Å². The molecule has 3 nitrogen and oxygen atoms in total. The zero-order valence-electron chi connectivity index (χ0n) is 10.6. The maximum absolute atomic E-state index is 4.22. The van der Waals surface area contributed by atoms with Gasteiger partial charge in [0.2, 0.25) is 0 Å². The Hall–Kier alpha value is -0.740. The van der Waals surface area contributed by atoms with Gasteiger partial charge in [0.05, 0.1) is 10.6 Å². The fourth-order valence-corrected chi connectivity index (χ4v) is 2.58. The zero-order valence-corrected chi connectivity index (χ0v) is 11.4. The van der Waals surface area contributed by atoms with Crippen LogP contribution in [0.5, 0.6) is 0 Å². The summed E-state index contributed by atoms with van der Waals surface area (Å²) in [7, 11) is 0. The molecule has 0 radical (unpaired) electrons. The number of hydrogen-bond acceptors (Lipinski definition) is 4. The zero-order chi connectivity index (χ0) is 12.1. The Kier molecular flexibility index (Phi) is 5.09. The molecule has 1 aromatic heterocycles. The molecule has 0 saturated carbocycles. The Bertz CT molecular complexity index is 344. The molecule has 0 aliphatic carbocycles. The van der Waals surface area contributed by atoms with Gasteiger partial charge in [0.15, 0.2) is 0 Å². The van der Waals surface area contributed by atoms with Crippen molar-refractivity contribution >= 4 is 11.5 Å². The summed E-state index contributed by atoms with van der Waals surface area (Å²) in [6.45, 7) is 13.4. The van der Waals surface area contributed by atoms with Crippen LogP contribution < -0.4 is 5.32 Å². The lowest BCUT2D eigenvalue weighted by Crippen LogP contribution is -2.21. The van der Waals surface area contributed by atoms with Crippen molar-refractivity contribution < 1.29 is 0 Å². The first-order chi connectivity index (χ1) is 7.56. The van der Waals surface area contributed by atoms with E-state index in [0.29, 0.717) is 12.0 Å². The van der Waals surface area contributed by atoms with E-state index >= 15 is 0 Å². The van der Waals surface area contributed by atoms with Crippen molar-refractivity contribution in [1.82, 2.24) is 14.9 Å². The monoisotopic (exact) mass is 239 g/mol. The van der Waals surface area contributed by atoms with E-state index in [2.05, 4.69) is 49.2 Å². The van der Waals surface area contributed by atoms with Crippen LogP contribution in [0, 0.1) is 0 Å². The molecule has 0 spiro atoms. The Labute approximate surface area is 102 Å². The summed E-state index contributed by atoms with van der Waals surface area (Å²) in [6.07, 6.45) is 0.956. The highest BCUT2D eigenvalue weighted by Gasteiger charge is 2.20. The summed E-state index contributed by atoms with van der Waals surface area (Å²) in [5, 5.41) is 7.71. The van der Waals surface area contributed by atoms with Crippen LogP contribution in [-0.4, -0.2) is 16.1 Å². The molecular formula is C12H21N3S. The van der Waals surface area contributed by atoms with Gasteiger partial charge in [-0.1, -0.05) is 30.8 Å². The van der Waals surface area contributed by atoms with Gasteiger partial charge in [0.1, 0.15) is 0 Å². The molecule has 16 heavy (non-hydrogen) atoms. The van der Waals surface area contributed by atoms with E-state index in [-0.39, 0.29) is 0 Å². The summed E-state index contributed by atoms with van der Waals surface area (Å²) in [6, 6.07) is 0.319. The van der Waals surface area contributed by atoms with Gasteiger partial charge in [-0.05, 0) is 37.3 Å². The number of nitrogens with one attached hydrogen (secondary N) is 1. The van der Waals surface area contributed by atoms with Gasteiger partial charge in [-0.2, -0.15) is 0 Å². The molecule has 0 aliphatic rings. The third kappa shape index (κ3) is 3.39. The van der Waals surface area contributed by atoms with Crippen molar-refractivity contribution in [1.29, 1.82) is 0 Å². The highest BCUT2D eigenvalue weighted by Crippen LogP contribution is 2.29. The number of hydrogen-bond donors (Lipinski definition) is 1. The molecule has 1 unspecified atom stereocenters. The summed E-state index contributed by atoms with van der Waals surface area (Å²) >= 11 is 1.50. The SMILES string of the molecule is C=C(C)CC(NCC)c1snnc1C(C)C. The van der Waals surface area contributed by atoms with E-state index in [1.165, 1.54) is 22.0 Å². The summed E-state index contributed by atoms with van der Waals surface area (Å²) in [4.78, 5) is 1.26. The number of aromatic nitrogens is 2. The molecule has 0 fully saturated rings. The van der Waals surface area contributed by atoms with Crippen molar-refractivity contribution in [3.8, 4) is 0 Å². The van der Waals surface area contributed by atoms with Crippen molar-refractivity contribution in [2.75, 3.05) is 6.54 Å². The van der Waals surface area contributed by atoms with E-state index < -0.39 is 0 Å². The first kappa shape index (κ1) is 13.3. The predicted octanol–water partition coefficient (Wildman–Crippen LogP) is 3.28. The minimum atomic E-state index is 0.319. The normalized spacial score (nSPS) is 13.1. The summed E-state index contributed by atoms with van der Waals surface area (Å²) in [5.41, 5.74) is 2.31. The first-order valence-electron chi connectivity index (χ1n) is 5.76. The largest absolute Gasteiger partial charge is 0.309 e. The topological polar surface area (TPSA) is 37.8 Å². The van der Waals surface area contributed by atoms with Crippen LogP contribution in [0.25, 0.3) is 0 Å². The standard InChI is InChI=1S/C12H21N3S/c1-6-13-10(7-8(2)3)12-11(9(4)5)14-15-16-12/h9-10,13H,2,6-7H2,1,3-5H3. The van der Waals surface area contributed by atoms with Gasteiger partial charge in [0.25, 0.3) is 0 Å². The fraction of sp³-hybridized carbons (Fsp3) is 0.667. The quantitative estimate of drug-likeness (QED) is 0.774. The molecular weight excluding hydrogens is 218 g/mol. The van der Waals surface area contributed by atoms with E-state index in [0.717, 1.165) is 18.7 Å². The predicted molar refractivity (Wildman–Crippen MR) is 69.8 cm³/mol. The molecule has 1 N–H and O–H groups in total. The minimum Gasteiger partial charge on any atom is -0.309 e. The molecule has 1 heterocycles. The molecule has 0 aliphatic heterocycles. The molecule has 1 atom stereocenters. The lowest BCUT2D eigenvalue weighted by molar-refractivity contribution is 0.547. The molecule has 4 heteroatoms. The lowest BCUT2D eigenvalue weighted by Gasteiger charge is -2.17. The van der Waals surface area contributed by atoms with E-state index in [9.17, 15) is 0 Å². The van der Waals surface area contributed by atoms with Crippen molar-refractivity contribution in [3.05, 3.63) is 22.7 Å². The average Bonchev–Trinajstić information content (AvgIpc) is 2.64. The second kappa shape index (κ2) is 6.11. The van der Waals surface area contributed by atoms with Crippen LogP contribution in [0.4, 0.5) is 0 Å². The summed E-state index contributed by atoms with van der Waals surface area (Å²) in [5.74, 6) is 0.431. The second-order valence-corrected chi connectivity index (χ2v) is 5.23. The highest BCUT2D eigenvalue weighted by molar-refractivity contribution is 7.05. The lowest BCUT2D eigenvalue weighted by atomic mass is 10.0. The average molecular weight is 239 g/mol. The van der Waals surface area contributed by atoms with Gasteiger partial charge >= 0.3 is 0 Å². The Morgan fingerprint density at radius 3 is 2.69 bits per heavy atom. The Morgan fingerprint density at radius 2 is 2.19 bits per heavy atom. The van der Waals surface area contributed by atoms with Crippen LogP contribution in [0.15, 0.2) is 12.2 Å². The molecule has 0 amide bonds. The van der Waals surface area contributed by atoms with E-state index in [1.807, 2.05) is 0 Å². The van der Waals surface area contributed by atoms with Gasteiger partial charge < -0.3 is 5.32 Å². The Morgan fingerprint density at radius 1 is 1.50 bits per heavy atom. The van der Waals surface area contributed by atoms with Crippen LogP contribution in [0.1, 0.15) is 56.6 Å². The number of rotatable bonds is 6. The Balaban J connectivity index is 2.91. The third-order valence-electron chi connectivity index (χ3n) is 2.41. The minimum absolute atomic E-state index is 0.319. The second-order valence-electron chi connectivity index (χ2n) is 4.45. The first-order valence-corrected chi connectivity index (χ1v) is 6.53. The molecule has 0 bridgehead atoms. The van der Waals surface area contributed by atoms with Crippen LogP contribution >= 0.6 is 11.5 Å². The highest BCUT2D eigenvalue weighted by atomic mass is 32.1. The van der Waals surface area contributed by atoms with Crippen LogP contribution in [0.2, 0.25) is 0 Å². The maximum Gasteiger partial charge on any atom is 0.0829 e. The van der Waals surface area contributed by atoms with Gasteiger partial charge in [0, 0.05) is 6.04 Å². The van der Waals surface area contributed by atoms with Gasteiger partial charge in [-0.3, -0.25) is 0 Å². The molecule has 1 rings (SSSR count). The molecule has 0 aromatic carbocycles. The maximum atomic E-state index is 4.22.